The normalized spacial score (nSPS) is 10.1. The van der Waals surface area contributed by atoms with Crippen LogP contribution in [0.5, 0.6) is 5.75 Å². The van der Waals surface area contributed by atoms with Gasteiger partial charge < -0.3 is 14.7 Å². The number of hydrogen-bond donors (Lipinski definition) is 1. The van der Waals surface area contributed by atoms with Crippen molar-refractivity contribution >= 4 is 11.9 Å². The Labute approximate surface area is 112 Å². The quantitative estimate of drug-likeness (QED) is 0.823. The van der Waals surface area contributed by atoms with Gasteiger partial charge in [-0.2, -0.15) is 0 Å². The monoisotopic (exact) mass is 265 g/mol. The molecule has 19 heavy (non-hydrogen) atoms. The van der Waals surface area contributed by atoms with Gasteiger partial charge in [0, 0.05) is 6.54 Å². The topological polar surface area (TPSA) is 66.8 Å². The number of aromatic hydroxyl groups is 1. The predicted octanol–water partition coefficient (Wildman–Crippen LogP) is 1.73. The van der Waals surface area contributed by atoms with Gasteiger partial charge in [0.05, 0.1) is 12.7 Å². The first kappa shape index (κ1) is 15.0. The maximum Gasteiger partial charge on any atom is 0.325 e. The van der Waals surface area contributed by atoms with Crippen LogP contribution in [0.4, 0.5) is 0 Å². The molecule has 1 rings (SSSR count). The fourth-order valence-corrected chi connectivity index (χ4v) is 1.73. The molecule has 0 bridgehead atoms. The van der Waals surface area contributed by atoms with Gasteiger partial charge in [0.2, 0.25) is 0 Å². The maximum absolute atomic E-state index is 12.3. The van der Waals surface area contributed by atoms with Crippen molar-refractivity contribution in [1.29, 1.82) is 0 Å². The number of carbonyl (C=O) groups is 2. The minimum Gasteiger partial charge on any atom is -0.507 e. The Balaban J connectivity index is 2.98. The number of phenolic OH excluding ortho intramolecular Hbond substituents is 1. The number of methoxy groups -OCH3 is 1. The number of benzene rings is 1. The molecule has 0 saturated carbocycles. The molecule has 1 aromatic rings. The number of rotatable bonds is 5. The van der Waals surface area contributed by atoms with Crippen LogP contribution in [0.15, 0.2) is 18.2 Å². The zero-order valence-corrected chi connectivity index (χ0v) is 11.5. The Bertz CT molecular complexity index is 471. The first-order valence-electron chi connectivity index (χ1n) is 6.15. The van der Waals surface area contributed by atoms with E-state index in [0.29, 0.717) is 6.54 Å². The van der Waals surface area contributed by atoms with E-state index in [-0.39, 0.29) is 23.8 Å². The zero-order valence-electron chi connectivity index (χ0n) is 11.5. The van der Waals surface area contributed by atoms with Crippen LogP contribution in [0.25, 0.3) is 0 Å². The van der Waals surface area contributed by atoms with Crippen molar-refractivity contribution in [3.8, 4) is 5.75 Å². The summed E-state index contributed by atoms with van der Waals surface area (Å²) in [5.41, 5.74) is 1.08. The minimum atomic E-state index is -0.478. The molecule has 0 saturated heterocycles. The van der Waals surface area contributed by atoms with E-state index in [9.17, 15) is 14.7 Å². The summed E-state index contributed by atoms with van der Waals surface area (Å²) >= 11 is 0. The van der Waals surface area contributed by atoms with Gasteiger partial charge in [-0.25, -0.2) is 0 Å². The van der Waals surface area contributed by atoms with Gasteiger partial charge in [0.1, 0.15) is 12.3 Å². The van der Waals surface area contributed by atoms with Gasteiger partial charge in [0.25, 0.3) is 5.91 Å². The molecule has 1 amide bonds. The maximum atomic E-state index is 12.3. The van der Waals surface area contributed by atoms with Crippen molar-refractivity contribution in [3.63, 3.8) is 0 Å². The first-order chi connectivity index (χ1) is 8.99. The third-order valence-corrected chi connectivity index (χ3v) is 2.71. The van der Waals surface area contributed by atoms with Gasteiger partial charge in [-0.05, 0) is 25.5 Å². The zero-order chi connectivity index (χ0) is 14.4. The second-order valence-electron chi connectivity index (χ2n) is 4.32. The number of esters is 1. The second-order valence-corrected chi connectivity index (χ2v) is 4.32. The minimum absolute atomic E-state index is 0.0819. The van der Waals surface area contributed by atoms with Crippen LogP contribution in [0, 0.1) is 6.92 Å². The third-order valence-electron chi connectivity index (χ3n) is 2.71. The molecule has 1 N–H and O–H groups in total. The number of hydrogen-bond acceptors (Lipinski definition) is 4. The fraction of sp³-hybridized carbons (Fsp3) is 0.429. The van der Waals surface area contributed by atoms with Gasteiger partial charge in [0.15, 0.2) is 0 Å². The Kier molecular flexibility index (Phi) is 5.36. The molecular formula is C14H19NO4. The summed E-state index contributed by atoms with van der Waals surface area (Å²) in [6.07, 6.45) is 0.718. The highest BCUT2D eigenvalue weighted by Gasteiger charge is 2.21. The molecule has 0 aromatic heterocycles. The first-order valence-corrected chi connectivity index (χ1v) is 6.15. The van der Waals surface area contributed by atoms with Crippen molar-refractivity contribution < 1.29 is 19.4 Å². The van der Waals surface area contributed by atoms with Gasteiger partial charge in [-0.15, -0.1) is 0 Å². The van der Waals surface area contributed by atoms with Crippen molar-refractivity contribution in [2.24, 2.45) is 0 Å². The summed E-state index contributed by atoms with van der Waals surface area (Å²) < 4.78 is 4.57. The molecule has 0 atom stereocenters. The molecule has 0 heterocycles. The van der Waals surface area contributed by atoms with E-state index in [1.165, 1.54) is 18.1 Å². The van der Waals surface area contributed by atoms with Crippen LogP contribution in [-0.2, 0) is 9.53 Å². The molecule has 0 aliphatic heterocycles. The van der Waals surface area contributed by atoms with Crippen molar-refractivity contribution in [3.05, 3.63) is 29.3 Å². The van der Waals surface area contributed by atoms with E-state index in [1.807, 2.05) is 13.8 Å². The van der Waals surface area contributed by atoms with Gasteiger partial charge in [-0.1, -0.05) is 18.6 Å². The van der Waals surface area contributed by atoms with E-state index in [4.69, 9.17) is 0 Å². The van der Waals surface area contributed by atoms with Crippen LogP contribution >= 0.6 is 0 Å². The lowest BCUT2D eigenvalue weighted by Crippen LogP contribution is -2.36. The number of carbonyl (C=O) groups excluding carboxylic acids is 2. The van der Waals surface area contributed by atoms with E-state index < -0.39 is 5.97 Å². The molecular weight excluding hydrogens is 246 g/mol. The number of ether oxygens (including phenoxy) is 1. The van der Waals surface area contributed by atoms with Crippen LogP contribution in [0.2, 0.25) is 0 Å². The van der Waals surface area contributed by atoms with Crippen molar-refractivity contribution in [1.82, 2.24) is 4.90 Å². The lowest BCUT2D eigenvalue weighted by atomic mass is 10.1. The SMILES string of the molecule is CCCN(CC(=O)OC)C(=O)c1cc(C)ccc1O. The second kappa shape index (κ2) is 6.78. The highest BCUT2D eigenvalue weighted by Crippen LogP contribution is 2.20. The largest absolute Gasteiger partial charge is 0.507 e. The molecule has 0 spiro atoms. The number of nitrogens with zero attached hydrogens (tertiary/aromatic N) is 1. The van der Waals surface area contributed by atoms with Crippen molar-refractivity contribution in [2.75, 3.05) is 20.2 Å². The average Bonchev–Trinajstić information content (AvgIpc) is 2.40. The summed E-state index contributed by atoms with van der Waals surface area (Å²) in [4.78, 5) is 25.0. The lowest BCUT2D eigenvalue weighted by molar-refractivity contribution is -0.141. The Morgan fingerprint density at radius 2 is 2.05 bits per heavy atom. The molecule has 1 aromatic carbocycles. The smallest absolute Gasteiger partial charge is 0.325 e. The van der Waals surface area contributed by atoms with Crippen LogP contribution in [-0.4, -0.2) is 42.1 Å². The van der Waals surface area contributed by atoms with E-state index in [0.717, 1.165) is 12.0 Å². The Hall–Kier alpha value is -2.04. The van der Waals surface area contributed by atoms with Gasteiger partial charge in [-0.3, -0.25) is 9.59 Å². The number of aryl methyl sites for hydroxylation is 1. The van der Waals surface area contributed by atoms with E-state index >= 15 is 0 Å². The van der Waals surface area contributed by atoms with E-state index in [1.54, 1.807) is 12.1 Å². The third kappa shape index (κ3) is 3.98. The molecule has 104 valence electrons. The highest BCUT2D eigenvalue weighted by molar-refractivity contribution is 5.98. The summed E-state index contributed by atoms with van der Waals surface area (Å²) in [6.45, 7) is 4.06. The molecule has 0 aliphatic rings. The summed E-state index contributed by atoms with van der Waals surface area (Å²) in [5, 5.41) is 9.75. The molecule has 0 fully saturated rings. The van der Waals surface area contributed by atoms with E-state index in [2.05, 4.69) is 4.74 Å². The molecule has 5 nitrogen and oxygen atoms in total. The van der Waals surface area contributed by atoms with Gasteiger partial charge >= 0.3 is 5.97 Å². The number of phenols is 1. The summed E-state index contributed by atoms with van der Waals surface area (Å²) in [6, 6.07) is 4.80. The van der Waals surface area contributed by atoms with Crippen LogP contribution in [0.1, 0.15) is 29.3 Å². The average molecular weight is 265 g/mol. The molecule has 5 heteroatoms. The molecule has 0 unspecified atom stereocenters. The highest BCUT2D eigenvalue weighted by atomic mass is 16.5. The molecule has 0 radical (unpaired) electrons. The van der Waals surface area contributed by atoms with Crippen LogP contribution in [0.3, 0.4) is 0 Å². The van der Waals surface area contributed by atoms with Crippen LogP contribution < -0.4 is 0 Å². The fourth-order valence-electron chi connectivity index (χ4n) is 1.73. The lowest BCUT2D eigenvalue weighted by Gasteiger charge is -2.21. The Morgan fingerprint density at radius 3 is 2.63 bits per heavy atom. The Morgan fingerprint density at radius 1 is 1.37 bits per heavy atom. The van der Waals surface area contributed by atoms with Crippen molar-refractivity contribution in [2.45, 2.75) is 20.3 Å². The number of amides is 1. The summed E-state index contributed by atoms with van der Waals surface area (Å²) in [7, 11) is 1.28. The summed E-state index contributed by atoms with van der Waals surface area (Å²) in [5.74, 6) is -0.927. The predicted molar refractivity (Wildman–Crippen MR) is 71.1 cm³/mol. The molecule has 0 aliphatic carbocycles. The standard InChI is InChI=1S/C14H19NO4/c1-4-7-15(9-13(17)19-3)14(18)11-8-10(2)5-6-12(11)16/h5-6,8,16H,4,7,9H2,1-3H3.